The van der Waals surface area contributed by atoms with E-state index in [0.29, 0.717) is 38.6 Å². The van der Waals surface area contributed by atoms with Crippen LogP contribution < -0.4 is 10.0 Å². The number of aliphatic imine (C=N–C) groups is 1. The number of furan rings is 1. The molecule has 1 aromatic heterocycles. The Morgan fingerprint density at radius 2 is 2.00 bits per heavy atom. The monoisotopic (exact) mass is 572 g/mol. The Balaban J connectivity index is 0.00000289. The Morgan fingerprint density at radius 3 is 2.75 bits per heavy atom. The number of sulfonamides is 1. The van der Waals surface area contributed by atoms with Crippen LogP contribution in [0.4, 0.5) is 0 Å². The molecule has 1 aliphatic carbocycles. The van der Waals surface area contributed by atoms with Crippen molar-refractivity contribution in [1.29, 1.82) is 0 Å². The Bertz CT molecular complexity index is 994. The van der Waals surface area contributed by atoms with Crippen molar-refractivity contribution < 1.29 is 12.8 Å². The molecule has 32 heavy (non-hydrogen) atoms. The third-order valence-corrected chi connectivity index (χ3v) is 8.06. The van der Waals surface area contributed by atoms with E-state index in [1.165, 1.54) is 11.1 Å². The molecule has 176 valence electrons. The number of halogens is 1. The largest absolute Gasteiger partial charge is 0.469 e. The molecule has 0 spiro atoms. The molecule has 0 saturated carbocycles. The molecule has 2 atom stereocenters. The van der Waals surface area contributed by atoms with Crippen LogP contribution in [-0.4, -0.2) is 56.7 Å². The SMILES string of the molecule is CCNS(=O)(=O)C1CCN(C(=NCCc2ccco2)NC2CCc3ccccc3C2)C1.I. The van der Waals surface area contributed by atoms with Gasteiger partial charge in [-0.3, -0.25) is 4.99 Å². The van der Waals surface area contributed by atoms with E-state index in [9.17, 15) is 8.42 Å². The zero-order valence-electron chi connectivity index (χ0n) is 18.5. The summed E-state index contributed by atoms with van der Waals surface area (Å²) in [5, 5.41) is 3.25. The standard InChI is InChI=1S/C23H32N4O3S.HI/c1-2-25-31(28,29)22-12-14-27(17-22)23(24-13-11-21-8-5-15-30-21)26-20-10-9-18-6-3-4-7-19(18)16-20;/h3-8,15,20,22,25H,2,9-14,16-17H2,1H3,(H,24,26);1H. The summed E-state index contributed by atoms with van der Waals surface area (Å²) in [5.41, 5.74) is 2.81. The predicted molar refractivity (Wildman–Crippen MR) is 138 cm³/mol. The first-order chi connectivity index (χ1) is 15.0. The molecule has 2 N–H and O–H groups in total. The lowest BCUT2D eigenvalue weighted by Gasteiger charge is -2.30. The molecular weight excluding hydrogens is 539 g/mol. The van der Waals surface area contributed by atoms with Gasteiger partial charge in [0.15, 0.2) is 5.96 Å². The first kappa shape index (κ1) is 25.0. The Morgan fingerprint density at radius 1 is 1.19 bits per heavy atom. The maximum Gasteiger partial charge on any atom is 0.216 e. The third kappa shape index (κ3) is 6.26. The number of nitrogens with zero attached hydrogens (tertiary/aromatic N) is 2. The van der Waals surface area contributed by atoms with Crippen LogP contribution >= 0.6 is 24.0 Å². The number of likely N-dealkylation sites (tertiary alicyclic amines) is 1. The van der Waals surface area contributed by atoms with Crippen molar-refractivity contribution in [3.8, 4) is 0 Å². The number of hydrogen-bond donors (Lipinski definition) is 2. The highest BCUT2D eigenvalue weighted by molar-refractivity contribution is 14.0. The molecular formula is C23H33IN4O3S. The van der Waals surface area contributed by atoms with Gasteiger partial charge in [-0.05, 0) is 48.9 Å². The molecule has 4 rings (SSSR count). The fraction of sp³-hybridized carbons (Fsp3) is 0.522. The first-order valence-electron chi connectivity index (χ1n) is 11.2. The van der Waals surface area contributed by atoms with Crippen molar-refractivity contribution in [2.75, 3.05) is 26.2 Å². The van der Waals surface area contributed by atoms with Crippen molar-refractivity contribution in [3.05, 3.63) is 59.5 Å². The van der Waals surface area contributed by atoms with Gasteiger partial charge in [-0.2, -0.15) is 0 Å². The van der Waals surface area contributed by atoms with Crippen LogP contribution in [0.25, 0.3) is 0 Å². The Kier molecular flexibility index (Phi) is 9.01. The number of benzene rings is 1. The van der Waals surface area contributed by atoms with Crippen LogP contribution in [0, 0.1) is 0 Å². The summed E-state index contributed by atoms with van der Waals surface area (Å²) in [7, 11) is -3.29. The summed E-state index contributed by atoms with van der Waals surface area (Å²) in [5.74, 6) is 1.72. The van der Waals surface area contributed by atoms with Gasteiger partial charge in [0.05, 0.1) is 11.5 Å². The average molecular weight is 573 g/mol. The minimum Gasteiger partial charge on any atom is -0.469 e. The number of fused-ring (bicyclic) bond motifs is 1. The molecule has 1 aliphatic heterocycles. The fourth-order valence-electron chi connectivity index (χ4n) is 4.46. The quantitative estimate of drug-likeness (QED) is 0.303. The van der Waals surface area contributed by atoms with Gasteiger partial charge in [-0.1, -0.05) is 31.2 Å². The molecule has 9 heteroatoms. The molecule has 0 amide bonds. The summed E-state index contributed by atoms with van der Waals surface area (Å²) in [4.78, 5) is 6.95. The minimum atomic E-state index is -3.29. The van der Waals surface area contributed by atoms with Gasteiger partial charge >= 0.3 is 0 Å². The van der Waals surface area contributed by atoms with Crippen LogP contribution in [0.1, 0.15) is 36.7 Å². The molecule has 2 unspecified atom stereocenters. The maximum atomic E-state index is 12.5. The summed E-state index contributed by atoms with van der Waals surface area (Å²) in [6, 6.07) is 12.7. The van der Waals surface area contributed by atoms with E-state index in [1.54, 1.807) is 6.26 Å². The van der Waals surface area contributed by atoms with Crippen LogP contribution in [0.5, 0.6) is 0 Å². The van der Waals surface area contributed by atoms with Gasteiger partial charge in [0, 0.05) is 38.6 Å². The van der Waals surface area contributed by atoms with Gasteiger partial charge in [-0.25, -0.2) is 13.1 Å². The van der Waals surface area contributed by atoms with E-state index >= 15 is 0 Å². The molecule has 0 bridgehead atoms. The lowest BCUT2D eigenvalue weighted by molar-refractivity contribution is 0.447. The average Bonchev–Trinajstić information content (AvgIpc) is 3.46. The number of guanidine groups is 1. The second-order valence-electron chi connectivity index (χ2n) is 8.29. The second kappa shape index (κ2) is 11.5. The van der Waals surface area contributed by atoms with Crippen molar-refractivity contribution in [1.82, 2.24) is 14.9 Å². The maximum absolute atomic E-state index is 12.5. The van der Waals surface area contributed by atoms with Crippen molar-refractivity contribution in [2.45, 2.75) is 50.3 Å². The Hall–Kier alpha value is -1.59. The predicted octanol–water partition coefficient (Wildman–Crippen LogP) is 2.96. The number of aryl methyl sites for hydroxylation is 1. The van der Waals surface area contributed by atoms with E-state index in [0.717, 1.165) is 37.4 Å². The zero-order chi connectivity index (χ0) is 21.7. The van der Waals surface area contributed by atoms with Gasteiger partial charge < -0.3 is 14.6 Å². The highest BCUT2D eigenvalue weighted by Crippen LogP contribution is 2.22. The summed E-state index contributed by atoms with van der Waals surface area (Å²) >= 11 is 0. The molecule has 7 nitrogen and oxygen atoms in total. The van der Waals surface area contributed by atoms with Crippen molar-refractivity contribution >= 4 is 40.0 Å². The van der Waals surface area contributed by atoms with Crippen LogP contribution in [0.15, 0.2) is 52.1 Å². The third-order valence-electron chi connectivity index (χ3n) is 6.11. The van der Waals surface area contributed by atoms with Crippen LogP contribution in [0.2, 0.25) is 0 Å². The first-order valence-corrected chi connectivity index (χ1v) is 12.7. The molecule has 1 fully saturated rings. The number of hydrogen-bond acceptors (Lipinski definition) is 4. The summed E-state index contributed by atoms with van der Waals surface area (Å²) in [6.45, 7) is 3.98. The fourth-order valence-corrected chi connectivity index (χ4v) is 5.89. The lowest BCUT2D eigenvalue weighted by Crippen LogP contribution is -2.48. The number of nitrogens with one attached hydrogen (secondary N) is 2. The number of rotatable bonds is 7. The smallest absolute Gasteiger partial charge is 0.216 e. The van der Waals surface area contributed by atoms with Crippen molar-refractivity contribution in [2.24, 2.45) is 4.99 Å². The van der Waals surface area contributed by atoms with E-state index in [-0.39, 0.29) is 24.0 Å². The van der Waals surface area contributed by atoms with E-state index in [4.69, 9.17) is 9.41 Å². The highest BCUT2D eigenvalue weighted by Gasteiger charge is 2.34. The highest BCUT2D eigenvalue weighted by atomic mass is 127. The topological polar surface area (TPSA) is 86.9 Å². The van der Waals surface area contributed by atoms with E-state index in [1.807, 2.05) is 19.1 Å². The minimum absolute atomic E-state index is 0. The van der Waals surface area contributed by atoms with Gasteiger partial charge in [0.25, 0.3) is 0 Å². The molecule has 1 saturated heterocycles. The summed E-state index contributed by atoms with van der Waals surface area (Å²) in [6.07, 6.45) is 6.06. The van der Waals surface area contributed by atoms with Gasteiger partial charge in [0.2, 0.25) is 10.0 Å². The van der Waals surface area contributed by atoms with Gasteiger partial charge in [0.1, 0.15) is 5.76 Å². The summed E-state index contributed by atoms with van der Waals surface area (Å²) < 4.78 is 33.1. The molecule has 2 heterocycles. The van der Waals surface area contributed by atoms with Crippen LogP contribution in [0.3, 0.4) is 0 Å². The zero-order valence-corrected chi connectivity index (χ0v) is 21.6. The van der Waals surface area contributed by atoms with Crippen molar-refractivity contribution in [3.63, 3.8) is 0 Å². The Labute approximate surface area is 208 Å². The molecule has 1 aromatic carbocycles. The molecule has 2 aliphatic rings. The van der Waals surface area contributed by atoms with E-state index < -0.39 is 15.3 Å². The normalized spacial score (nSPS) is 21.2. The lowest BCUT2D eigenvalue weighted by atomic mass is 9.88. The van der Waals surface area contributed by atoms with Gasteiger partial charge in [-0.15, -0.1) is 24.0 Å². The molecule has 2 aromatic rings. The van der Waals surface area contributed by atoms with E-state index in [2.05, 4.69) is 39.2 Å². The second-order valence-corrected chi connectivity index (χ2v) is 10.3. The van der Waals surface area contributed by atoms with Crippen LogP contribution in [-0.2, 0) is 29.3 Å². The molecule has 0 radical (unpaired) electrons.